The highest BCUT2D eigenvalue weighted by molar-refractivity contribution is 5.36. The predicted octanol–water partition coefficient (Wildman–Crippen LogP) is 3.55. The monoisotopic (exact) mass is 204 g/mol. The maximum Gasteiger partial charge on any atom is 0.126 e. The third kappa shape index (κ3) is 4.15. The number of hydrogen-bond donors (Lipinski definition) is 1. The van der Waals surface area contributed by atoms with Crippen LogP contribution in [0.5, 0.6) is 0 Å². The van der Waals surface area contributed by atoms with E-state index in [0.29, 0.717) is 6.04 Å². The Morgan fingerprint density at radius 3 is 2.93 bits per heavy atom. The zero-order chi connectivity index (χ0) is 11.1. The molecule has 0 spiro atoms. The van der Waals surface area contributed by atoms with E-state index >= 15 is 0 Å². The molecule has 1 heterocycles. The average Bonchev–Trinajstić information content (AvgIpc) is 2.24. The number of allylic oxidation sites excluding steroid dienone is 1. The summed E-state index contributed by atoms with van der Waals surface area (Å²) in [5.41, 5.74) is 1.05. The lowest BCUT2D eigenvalue weighted by Gasteiger charge is -2.16. The molecule has 0 aliphatic rings. The molecule has 0 aliphatic carbocycles. The van der Waals surface area contributed by atoms with Crippen molar-refractivity contribution in [2.24, 2.45) is 0 Å². The second-order valence-corrected chi connectivity index (χ2v) is 3.78. The van der Waals surface area contributed by atoms with Crippen LogP contribution in [0.4, 0.5) is 5.82 Å². The molecule has 0 aromatic carbocycles. The Labute approximate surface area is 92.4 Å². The normalized spacial score (nSPS) is 12.1. The highest BCUT2D eigenvalue weighted by Crippen LogP contribution is 2.11. The molecule has 2 heteroatoms. The average molecular weight is 204 g/mol. The van der Waals surface area contributed by atoms with Crippen LogP contribution in [0, 0.1) is 6.92 Å². The summed E-state index contributed by atoms with van der Waals surface area (Å²) in [6.07, 6.45) is 5.25. The molecule has 0 amide bonds. The molecule has 0 aliphatic heterocycles. The molecule has 1 atom stereocenters. The molecule has 2 nitrogen and oxygen atoms in total. The molecule has 0 saturated carbocycles. The molecule has 0 saturated heterocycles. The van der Waals surface area contributed by atoms with Crippen LogP contribution in [0.2, 0.25) is 0 Å². The fourth-order valence-electron chi connectivity index (χ4n) is 1.53. The van der Waals surface area contributed by atoms with Crippen LogP contribution in [-0.2, 0) is 0 Å². The topological polar surface area (TPSA) is 24.9 Å². The van der Waals surface area contributed by atoms with Gasteiger partial charge in [0.1, 0.15) is 5.82 Å². The van der Waals surface area contributed by atoms with Crippen LogP contribution in [0.1, 0.15) is 31.9 Å². The molecule has 1 unspecified atom stereocenters. The molecule has 0 fully saturated rings. The highest BCUT2D eigenvalue weighted by Gasteiger charge is 2.05. The van der Waals surface area contributed by atoms with E-state index in [-0.39, 0.29) is 0 Å². The van der Waals surface area contributed by atoms with Gasteiger partial charge in [0.25, 0.3) is 0 Å². The number of nitrogens with zero attached hydrogens (tertiary/aromatic N) is 1. The van der Waals surface area contributed by atoms with Gasteiger partial charge in [0.15, 0.2) is 0 Å². The number of pyridine rings is 1. The molecular weight excluding hydrogens is 184 g/mol. The standard InChI is InChI=1S/C13H20N2/c1-4-6-9-12(5-2)15-13-10-7-8-11(3)14-13/h4,7-8,10,12H,1,5-6,9H2,2-3H3,(H,14,15). The van der Waals surface area contributed by atoms with E-state index in [4.69, 9.17) is 0 Å². The van der Waals surface area contributed by atoms with Gasteiger partial charge in [0, 0.05) is 11.7 Å². The number of anilines is 1. The van der Waals surface area contributed by atoms with Gasteiger partial charge < -0.3 is 5.32 Å². The van der Waals surface area contributed by atoms with Crippen molar-refractivity contribution in [3.63, 3.8) is 0 Å². The van der Waals surface area contributed by atoms with Crippen molar-refractivity contribution in [1.29, 1.82) is 0 Å². The van der Waals surface area contributed by atoms with Crippen molar-refractivity contribution < 1.29 is 0 Å². The maximum atomic E-state index is 4.43. The molecular formula is C13H20N2. The smallest absolute Gasteiger partial charge is 0.126 e. The Balaban J connectivity index is 2.54. The van der Waals surface area contributed by atoms with E-state index in [1.807, 2.05) is 31.2 Å². The summed E-state index contributed by atoms with van der Waals surface area (Å²) in [5, 5.41) is 3.45. The minimum atomic E-state index is 0.498. The van der Waals surface area contributed by atoms with Gasteiger partial charge in [0.05, 0.1) is 0 Å². The van der Waals surface area contributed by atoms with Gasteiger partial charge in [-0.15, -0.1) is 6.58 Å². The zero-order valence-electron chi connectivity index (χ0n) is 9.66. The van der Waals surface area contributed by atoms with Crippen molar-refractivity contribution >= 4 is 5.82 Å². The summed E-state index contributed by atoms with van der Waals surface area (Å²) in [7, 11) is 0. The van der Waals surface area contributed by atoms with Crippen molar-refractivity contribution in [2.75, 3.05) is 5.32 Å². The zero-order valence-corrected chi connectivity index (χ0v) is 9.66. The second-order valence-electron chi connectivity index (χ2n) is 3.78. The molecule has 82 valence electrons. The fourth-order valence-corrected chi connectivity index (χ4v) is 1.53. The summed E-state index contributed by atoms with van der Waals surface area (Å²) < 4.78 is 0. The molecule has 1 rings (SSSR count). The van der Waals surface area contributed by atoms with E-state index in [9.17, 15) is 0 Å². The van der Waals surface area contributed by atoms with Crippen LogP contribution in [0.3, 0.4) is 0 Å². The van der Waals surface area contributed by atoms with Gasteiger partial charge in [-0.05, 0) is 38.3 Å². The Morgan fingerprint density at radius 1 is 1.53 bits per heavy atom. The molecule has 15 heavy (non-hydrogen) atoms. The number of rotatable bonds is 6. The first-order valence-corrected chi connectivity index (χ1v) is 5.57. The SMILES string of the molecule is C=CCCC(CC)Nc1cccc(C)n1. The third-order valence-corrected chi connectivity index (χ3v) is 2.45. The lowest BCUT2D eigenvalue weighted by Crippen LogP contribution is -2.18. The second kappa shape index (κ2) is 6.23. The number of aromatic nitrogens is 1. The summed E-state index contributed by atoms with van der Waals surface area (Å²) in [6.45, 7) is 7.95. The predicted molar refractivity (Wildman–Crippen MR) is 66.1 cm³/mol. The van der Waals surface area contributed by atoms with Crippen molar-refractivity contribution in [3.05, 3.63) is 36.5 Å². The number of aryl methyl sites for hydroxylation is 1. The van der Waals surface area contributed by atoms with Gasteiger partial charge in [-0.3, -0.25) is 0 Å². The molecule has 1 N–H and O–H groups in total. The lowest BCUT2D eigenvalue weighted by atomic mass is 10.1. The molecule has 1 aromatic heterocycles. The fraction of sp³-hybridized carbons (Fsp3) is 0.462. The van der Waals surface area contributed by atoms with E-state index < -0.39 is 0 Å². The molecule has 0 radical (unpaired) electrons. The van der Waals surface area contributed by atoms with Crippen molar-refractivity contribution in [2.45, 2.75) is 39.2 Å². The Morgan fingerprint density at radius 2 is 2.33 bits per heavy atom. The van der Waals surface area contributed by atoms with Crippen LogP contribution in [-0.4, -0.2) is 11.0 Å². The first-order chi connectivity index (χ1) is 7.26. The minimum absolute atomic E-state index is 0.498. The van der Waals surface area contributed by atoms with Crippen LogP contribution in [0.15, 0.2) is 30.9 Å². The van der Waals surface area contributed by atoms with Gasteiger partial charge in [-0.2, -0.15) is 0 Å². The van der Waals surface area contributed by atoms with Crippen LogP contribution >= 0.6 is 0 Å². The van der Waals surface area contributed by atoms with Crippen LogP contribution in [0.25, 0.3) is 0 Å². The maximum absolute atomic E-state index is 4.43. The number of hydrogen-bond acceptors (Lipinski definition) is 2. The van der Waals surface area contributed by atoms with Gasteiger partial charge in [-0.1, -0.05) is 19.1 Å². The highest BCUT2D eigenvalue weighted by atomic mass is 15.0. The van der Waals surface area contributed by atoms with Gasteiger partial charge in [-0.25, -0.2) is 4.98 Å². The largest absolute Gasteiger partial charge is 0.367 e. The summed E-state index contributed by atoms with van der Waals surface area (Å²) in [4.78, 5) is 4.43. The quantitative estimate of drug-likeness (QED) is 0.717. The van der Waals surface area contributed by atoms with Crippen LogP contribution < -0.4 is 5.32 Å². The summed E-state index contributed by atoms with van der Waals surface area (Å²) in [6, 6.07) is 6.56. The first-order valence-electron chi connectivity index (χ1n) is 5.57. The van der Waals surface area contributed by atoms with E-state index in [1.165, 1.54) is 0 Å². The van der Waals surface area contributed by atoms with Crippen molar-refractivity contribution in [1.82, 2.24) is 4.98 Å². The van der Waals surface area contributed by atoms with Gasteiger partial charge in [0.2, 0.25) is 0 Å². The summed E-state index contributed by atoms with van der Waals surface area (Å²) in [5.74, 6) is 0.978. The Kier molecular flexibility index (Phi) is 4.88. The van der Waals surface area contributed by atoms with E-state index in [1.54, 1.807) is 0 Å². The molecule has 0 bridgehead atoms. The van der Waals surface area contributed by atoms with Crippen molar-refractivity contribution in [3.8, 4) is 0 Å². The molecule has 1 aromatic rings. The number of nitrogens with one attached hydrogen (secondary N) is 1. The Bertz CT molecular complexity index is 307. The van der Waals surface area contributed by atoms with Gasteiger partial charge >= 0.3 is 0 Å². The van der Waals surface area contributed by atoms with E-state index in [2.05, 4.69) is 23.8 Å². The minimum Gasteiger partial charge on any atom is -0.367 e. The van der Waals surface area contributed by atoms with E-state index in [0.717, 1.165) is 30.8 Å². The lowest BCUT2D eigenvalue weighted by molar-refractivity contribution is 0.639. The first kappa shape index (κ1) is 11.8. The Hall–Kier alpha value is -1.31. The third-order valence-electron chi connectivity index (χ3n) is 2.45. The summed E-state index contributed by atoms with van der Waals surface area (Å²) >= 11 is 0.